The molecule has 0 saturated carbocycles. The Balaban J connectivity index is 2.27. The lowest BCUT2D eigenvalue weighted by Gasteiger charge is -2.36. The number of rotatable bonds is 4. The van der Waals surface area contributed by atoms with Crippen LogP contribution in [0.3, 0.4) is 0 Å². The van der Waals surface area contributed by atoms with Gasteiger partial charge in [0.2, 0.25) is 0 Å². The van der Waals surface area contributed by atoms with E-state index in [9.17, 15) is 4.39 Å². The maximum absolute atomic E-state index is 14.3. The van der Waals surface area contributed by atoms with Crippen LogP contribution in [0.2, 0.25) is 0 Å². The van der Waals surface area contributed by atoms with Gasteiger partial charge in [-0.2, -0.15) is 0 Å². The van der Waals surface area contributed by atoms with Crippen molar-refractivity contribution < 1.29 is 4.39 Å². The standard InChI is InChI=1S/C13H21FN4/c1-2-11-12(14)13(17-9-16-11)18-8-4-3-5-10(18)6-7-15/h9-10H,2-8,15H2,1H3. The van der Waals surface area contributed by atoms with E-state index in [1.165, 1.54) is 12.7 Å². The maximum atomic E-state index is 14.3. The third-order valence-corrected chi connectivity index (χ3v) is 3.58. The topological polar surface area (TPSA) is 55.0 Å². The van der Waals surface area contributed by atoms with Crippen LogP contribution in [-0.2, 0) is 6.42 Å². The molecule has 0 amide bonds. The highest BCUT2D eigenvalue weighted by atomic mass is 19.1. The van der Waals surface area contributed by atoms with Gasteiger partial charge in [0.15, 0.2) is 11.6 Å². The van der Waals surface area contributed by atoms with Gasteiger partial charge in [0.05, 0.1) is 5.69 Å². The lowest BCUT2D eigenvalue weighted by Crippen LogP contribution is -2.42. The molecule has 0 spiro atoms. The van der Waals surface area contributed by atoms with Crippen LogP contribution >= 0.6 is 0 Å². The van der Waals surface area contributed by atoms with Crippen molar-refractivity contribution in [2.45, 2.75) is 45.1 Å². The lowest BCUT2D eigenvalue weighted by molar-refractivity contribution is 0.430. The Hall–Kier alpha value is -1.23. The highest BCUT2D eigenvalue weighted by molar-refractivity contribution is 5.42. The second-order valence-electron chi connectivity index (χ2n) is 4.73. The predicted molar refractivity (Wildman–Crippen MR) is 70.0 cm³/mol. The van der Waals surface area contributed by atoms with Gasteiger partial charge in [0, 0.05) is 12.6 Å². The number of nitrogens with zero attached hydrogens (tertiary/aromatic N) is 3. The van der Waals surface area contributed by atoms with Crippen LogP contribution < -0.4 is 10.6 Å². The summed E-state index contributed by atoms with van der Waals surface area (Å²) in [6.07, 6.45) is 6.30. The molecule has 1 aromatic rings. The van der Waals surface area contributed by atoms with Gasteiger partial charge in [-0.1, -0.05) is 6.92 Å². The van der Waals surface area contributed by atoms with Gasteiger partial charge in [-0.25, -0.2) is 14.4 Å². The van der Waals surface area contributed by atoms with Crippen molar-refractivity contribution in [3.8, 4) is 0 Å². The number of aromatic nitrogens is 2. The molecule has 0 bridgehead atoms. The average molecular weight is 252 g/mol. The summed E-state index contributed by atoms with van der Waals surface area (Å²) in [5.74, 6) is 0.198. The van der Waals surface area contributed by atoms with Crippen molar-refractivity contribution in [3.63, 3.8) is 0 Å². The van der Waals surface area contributed by atoms with Gasteiger partial charge in [0.25, 0.3) is 0 Å². The first-order valence-corrected chi connectivity index (χ1v) is 6.74. The number of aryl methyl sites for hydroxylation is 1. The predicted octanol–water partition coefficient (Wildman–Crippen LogP) is 1.89. The van der Waals surface area contributed by atoms with Crippen LogP contribution in [0.1, 0.15) is 38.3 Å². The van der Waals surface area contributed by atoms with Gasteiger partial charge in [-0.05, 0) is 38.6 Å². The fourth-order valence-corrected chi connectivity index (χ4v) is 2.61. The molecule has 1 fully saturated rings. The fourth-order valence-electron chi connectivity index (χ4n) is 2.61. The van der Waals surface area contributed by atoms with E-state index in [2.05, 4.69) is 14.9 Å². The van der Waals surface area contributed by atoms with Crippen LogP contribution in [-0.4, -0.2) is 29.1 Å². The molecule has 2 rings (SSSR count). The number of halogens is 1. The Morgan fingerprint density at radius 3 is 3.00 bits per heavy atom. The second-order valence-corrected chi connectivity index (χ2v) is 4.73. The van der Waals surface area contributed by atoms with Gasteiger partial charge in [-0.15, -0.1) is 0 Å². The molecular formula is C13H21FN4. The minimum absolute atomic E-state index is 0.260. The summed E-state index contributed by atoms with van der Waals surface area (Å²) >= 11 is 0. The molecule has 0 radical (unpaired) electrons. The van der Waals surface area contributed by atoms with Crippen molar-refractivity contribution in [2.75, 3.05) is 18.0 Å². The van der Waals surface area contributed by atoms with Crippen molar-refractivity contribution in [1.82, 2.24) is 9.97 Å². The number of piperidine rings is 1. The summed E-state index contributed by atoms with van der Waals surface area (Å²) in [4.78, 5) is 10.2. The maximum Gasteiger partial charge on any atom is 0.187 e. The molecule has 1 saturated heterocycles. The molecule has 2 heterocycles. The molecule has 0 aromatic carbocycles. The normalized spacial score (nSPS) is 20.2. The van der Waals surface area contributed by atoms with Crippen LogP contribution in [0.5, 0.6) is 0 Å². The molecule has 1 aliphatic rings. The Morgan fingerprint density at radius 1 is 1.44 bits per heavy atom. The average Bonchev–Trinajstić information content (AvgIpc) is 2.40. The molecule has 1 aromatic heterocycles. The van der Waals surface area contributed by atoms with Crippen molar-refractivity contribution in [1.29, 1.82) is 0 Å². The van der Waals surface area contributed by atoms with Gasteiger partial charge in [0.1, 0.15) is 6.33 Å². The van der Waals surface area contributed by atoms with E-state index in [-0.39, 0.29) is 5.82 Å². The molecule has 18 heavy (non-hydrogen) atoms. The van der Waals surface area contributed by atoms with E-state index in [4.69, 9.17) is 5.73 Å². The smallest absolute Gasteiger partial charge is 0.187 e. The molecular weight excluding hydrogens is 231 g/mol. The van der Waals surface area contributed by atoms with E-state index in [1.807, 2.05) is 6.92 Å². The first-order chi connectivity index (χ1) is 8.77. The summed E-state index contributed by atoms with van der Waals surface area (Å²) in [7, 11) is 0. The van der Waals surface area contributed by atoms with Crippen molar-refractivity contribution in [3.05, 3.63) is 17.8 Å². The quantitative estimate of drug-likeness (QED) is 0.889. The Bertz CT molecular complexity index is 395. The van der Waals surface area contributed by atoms with Crippen molar-refractivity contribution >= 4 is 5.82 Å². The first kappa shape index (κ1) is 13.2. The molecule has 2 N–H and O–H groups in total. The van der Waals surface area contributed by atoms with Crippen LogP contribution in [0, 0.1) is 5.82 Å². The van der Waals surface area contributed by atoms with E-state index in [1.54, 1.807) is 0 Å². The summed E-state index contributed by atoms with van der Waals surface area (Å²) < 4.78 is 14.3. The summed E-state index contributed by atoms with van der Waals surface area (Å²) in [5, 5.41) is 0. The minimum Gasteiger partial charge on any atom is -0.351 e. The Morgan fingerprint density at radius 2 is 2.28 bits per heavy atom. The fraction of sp³-hybridized carbons (Fsp3) is 0.692. The van der Waals surface area contributed by atoms with E-state index < -0.39 is 0 Å². The van der Waals surface area contributed by atoms with Gasteiger partial charge >= 0.3 is 0 Å². The van der Waals surface area contributed by atoms with Crippen LogP contribution in [0.4, 0.5) is 10.2 Å². The van der Waals surface area contributed by atoms with Gasteiger partial charge < -0.3 is 10.6 Å². The number of hydrogen-bond donors (Lipinski definition) is 1. The minimum atomic E-state index is -0.260. The second kappa shape index (κ2) is 6.09. The number of nitrogens with two attached hydrogens (primary N) is 1. The zero-order valence-corrected chi connectivity index (χ0v) is 10.9. The zero-order valence-electron chi connectivity index (χ0n) is 10.9. The third-order valence-electron chi connectivity index (χ3n) is 3.58. The molecule has 0 aliphatic carbocycles. The molecule has 1 atom stereocenters. The van der Waals surface area contributed by atoms with E-state index in [0.29, 0.717) is 30.5 Å². The highest BCUT2D eigenvalue weighted by Gasteiger charge is 2.26. The summed E-state index contributed by atoms with van der Waals surface area (Å²) in [6.45, 7) is 3.40. The molecule has 100 valence electrons. The van der Waals surface area contributed by atoms with Crippen LogP contribution in [0.15, 0.2) is 6.33 Å². The van der Waals surface area contributed by atoms with Crippen LogP contribution in [0.25, 0.3) is 0 Å². The molecule has 4 nitrogen and oxygen atoms in total. The summed E-state index contributed by atoms with van der Waals surface area (Å²) in [5.41, 5.74) is 6.14. The summed E-state index contributed by atoms with van der Waals surface area (Å²) in [6, 6.07) is 0.317. The van der Waals surface area contributed by atoms with Crippen molar-refractivity contribution in [2.24, 2.45) is 5.73 Å². The molecule has 1 aliphatic heterocycles. The Kier molecular flexibility index (Phi) is 4.47. The monoisotopic (exact) mass is 252 g/mol. The SMILES string of the molecule is CCc1ncnc(N2CCCCC2CCN)c1F. The first-order valence-electron chi connectivity index (χ1n) is 6.74. The molecule has 1 unspecified atom stereocenters. The number of hydrogen-bond acceptors (Lipinski definition) is 4. The van der Waals surface area contributed by atoms with E-state index >= 15 is 0 Å². The zero-order chi connectivity index (χ0) is 13.0. The largest absolute Gasteiger partial charge is 0.351 e. The Labute approximate surface area is 107 Å². The molecule has 5 heteroatoms. The highest BCUT2D eigenvalue weighted by Crippen LogP contribution is 2.27. The van der Waals surface area contributed by atoms with E-state index in [0.717, 1.165) is 25.8 Å². The third kappa shape index (κ3) is 2.61. The number of anilines is 1. The lowest BCUT2D eigenvalue weighted by atomic mass is 9.99. The van der Waals surface area contributed by atoms with Gasteiger partial charge in [-0.3, -0.25) is 0 Å².